The average Bonchev–Trinajstić information content (AvgIpc) is 3.24. The zero-order valence-electron chi connectivity index (χ0n) is 18.2. The minimum atomic E-state index is -0.486. The van der Waals surface area contributed by atoms with Crippen LogP contribution < -0.4 is 5.73 Å². The molecule has 1 heterocycles. The number of nitrogen functional groups attached to an aromatic ring is 1. The molecule has 0 saturated carbocycles. The number of nitrogens with two attached hydrogens (primary N) is 1. The number of hydrogen-bond acceptors (Lipinski definition) is 6. The van der Waals surface area contributed by atoms with Gasteiger partial charge in [0.05, 0.1) is 16.2 Å². The highest BCUT2D eigenvalue weighted by atomic mass is 32.2. The predicted octanol–water partition coefficient (Wildman–Crippen LogP) is 6.60. The number of esters is 1. The number of hydrogen-bond donors (Lipinski definition) is 1. The molecule has 0 aliphatic rings. The van der Waals surface area contributed by atoms with Crippen molar-refractivity contribution >= 4 is 40.3 Å². The molecule has 33 heavy (non-hydrogen) atoms. The van der Waals surface area contributed by atoms with Gasteiger partial charge in [-0.3, -0.25) is 0 Å². The number of aromatic nitrogens is 1. The van der Waals surface area contributed by atoms with E-state index in [2.05, 4.69) is 77.8 Å². The molecule has 0 atom stereocenters. The van der Waals surface area contributed by atoms with E-state index in [-0.39, 0.29) is 12.3 Å². The molecule has 4 rings (SSSR count). The normalized spacial score (nSPS) is 11.5. The number of rotatable bonds is 8. The van der Waals surface area contributed by atoms with E-state index < -0.39 is 10.7 Å². The first-order valence-corrected chi connectivity index (χ1v) is 12.3. The van der Waals surface area contributed by atoms with Crippen LogP contribution in [0.5, 0.6) is 0 Å². The monoisotopic (exact) mass is 472 g/mol. The van der Waals surface area contributed by atoms with Crippen LogP contribution in [-0.2, 0) is 9.48 Å². The van der Waals surface area contributed by atoms with Gasteiger partial charge in [0.15, 0.2) is 10.8 Å². The molecule has 2 N–H and O–H groups in total. The van der Waals surface area contributed by atoms with Crippen molar-refractivity contribution in [1.29, 1.82) is 0 Å². The Balaban J connectivity index is 1.81. The van der Waals surface area contributed by atoms with E-state index in [0.717, 1.165) is 16.7 Å². The first kappa shape index (κ1) is 22.8. The second kappa shape index (κ2) is 10.5. The van der Waals surface area contributed by atoms with Gasteiger partial charge in [-0.05, 0) is 35.1 Å². The summed E-state index contributed by atoms with van der Waals surface area (Å²) in [4.78, 5) is 17.2. The van der Waals surface area contributed by atoms with E-state index in [1.165, 1.54) is 11.3 Å². The van der Waals surface area contributed by atoms with Gasteiger partial charge in [-0.15, -0.1) is 11.8 Å². The largest absolute Gasteiger partial charge is 0.461 e. The molecule has 0 aliphatic heterocycles. The van der Waals surface area contributed by atoms with Crippen molar-refractivity contribution in [2.45, 2.75) is 11.7 Å². The topological polar surface area (TPSA) is 65.2 Å². The Morgan fingerprint density at radius 3 is 1.88 bits per heavy atom. The smallest absolute Gasteiger partial charge is 0.358 e. The quantitative estimate of drug-likeness (QED) is 0.231. The molecule has 0 unspecified atom stereocenters. The first-order valence-electron chi connectivity index (χ1n) is 10.6. The molecule has 0 amide bonds. The number of anilines is 1. The third-order valence-electron chi connectivity index (χ3n) is 5.14. The molecule has 4 nitrogen and oxygen atoms in total. The van der Waals surface area contributed by atoms with Gasteiger partial charge in [0, 0.05) is 0 Å². The van der Waals surface area contributed by atoms with Crippen molar-refractivity contribution in [2.24, 2.45) is 0 Å². The molecular weight excluding hydrogens is 448 g/mol. The summed E-state index contributed by atoms with van der Waals surface area (Å²) in [6.45, 7) is 2.06. The number of carbonyl (C=O) groups excluding carboxylic acids is 1. The lowest BCUT2D eigenvalue weighted by atomic mass is 9.84. The Morgan fingerprint density at radius 2 is 1.42 bits per heavy atom. The third-order valence-corrected chi connectivity index (χ3v) is 7.33. The minimum absolute atomic E-state index is 0.251. The fourth-order valence-electron chi connectivity index (χ4n) is 3.73. The molecule has 0 fully saturated rings. The van der Waals surface area contributed by atoms with E-state index >= 15 is 0 Å². The zero-order valence-corrected chi connectivity index (χ0v) is 19.8. The van der Waals surface area contributed by atoms with Gasteiger partial charge < -0.3 is 10.5 Å². The highest BCUT2D eigenvalue weighted by Gasteiger charge is 2.36. The Hall–Kier alpha value is -3.35. The van der Waals surface area contributed by atoms with Crippen molar-refractivity contribution in [3.63, 3.8) is 0 Å². The second-order valence-electron chi connectivity index (χ2n) is 7.19. The molecule has 0 aliphatic carbocycles. The van der Waals surface area contributed by atoms with Crippen LogP contribution in [0.2, 0.25) is 0 Å². The summed E-state index contributed by atoms with van der Waals surface area (Å²) in [5.74, 6) is -0.462. The maximum Gasteiger partial charge on any atom is 0.358 e. The van der Waals surface area contributed by atoms with Crippen molar-refractivity contribution < 1.29 is 9.53 Å². The minimum Gasteiger partial charge on any atom is -0.461 e. The Labute approximate surface area is 202 Å². The molecule has 0 bridgehead atoms. The molecule has 1 aromatic heterocycles. The predicted molar refractivity (Wildman–Crippen MR) is 138 cm³/mol. The summed E-state index contributed by atoms with van der Waals surface area (Å²) in [6.07, 6.45) is 1.90. The number of ether oxygens (including phenoxy) is 1. The van der Waals surface area contributed by atoms with Crippen molar-refractivity contribution in [3.8, 4) is 0 Å². The highest BCUT2D eigenvalue weighted by molar-refractivity contribution is 8.03. The van der Waals surface area contributed by atoms with Gasteiger partial charge in [-0.25, -0.2) is 9.78 Å². The fraction of sp³-hybridized carbons (Fsp3) is 0.111. The molecular formula is C27H24N2O2S2. The van der Waals surface area contributed by atoms with Gasteiger partial charge in [0.2, 0.25) is 0 Å². The lowest BCUT2D eigenvalue weighted by Gasteiger charge is -2.34. The number of carbonyl (C=O) groups is 1. The van der Waals surface area contributed by atoms with Crippen molar-refractivity contribution in [1.82, 2.24) is 4.98 Å². The summed E-state index contributed by atoms with van der Waals surface area (Å²) in [7, 11) is 0. The van der Waals surface area contributed by atoms with E-state index in [9.17, 15) is 4.79 Å². The lowest BCUT2D eigenvalue weighted by molar-refractivity contribution is 0.0520. The molecule has 6 heteroatoms. The van der Waals surface area contributed by atoms with Crippen molar-refractivity contribution in [2.75, 3.05) is 12.3 Å². The fourth-order valence-corrected chi connectivity index (χ4v) is 5.76. The van der Waals surface area contributed by atoms with Crippen LogP contribution in [0.4, 0.5) is 5.13 Å². The lowest BCUT2D eigenvalue weighted by Crippen LogP contribution is -2.24. The average molecular weight is 473 g/mol. The Kier molecular flexibility index (Phi) is 7.27. The molecule has 3 aromatic carbocycles. The molecule has 166 valence electrons. The highest BCUT2D eigenvalue weighted by Crippen LogP contribution is 2.49. The van der Waals surface area contributed by atoms with Crippen molar-refractivity contribution in [3.05, 3.63) is 124 Å². The maximum absolute atomic E-state index is 12.3. The molecule has 0 spiro atoms. The van der Waals surface area contributed by atoms with E-state index in [0.29, 0.717) is 10.0 Å². The van der Waals surface area contributed by atoms with Crippen LogP contribution in [0.1, 0.15) is 39.0 Å². The first-order chi connectivity index (χ1) is 16.1. The summed E-state index contributed by atoms with van der Waals surface area (Å²) < 4.78 is 4.66. The molecule has 0 radical (unpaired) electrons. The summed E-state index contributed by atoms with van der Waals surface area (Å²) in [5.41, 5.74) is 9.63. The van der Waals surface area contributed by atoms with Gasteiger partial charge in [-0.1, -0.05) is 102 Å². The zero-order chi connectivity index (χ0) is 23.1. The maximum atomic E-state index is 12.3. The van der Waals surface area contributed by atoms with Crippen LogP contribution in [0.15, 0.2) is 96.4 Å². The van der Waals surface area contributed by atoms with Gasteiger partial charge in [-0.2, -0.15) is 0 Å². The van der Waals surface area contributed by atoms with Gasteiger partial charge in [0.1, 0.15) is 0 Å². The molecule has 4 aromatic rings. The number of nitrogens with zero attached hydrogens (tertiary/aromatic N) is 1. The van der Waals surface area contributed by atoms with Crippen LogP contribution in [-0.4, -0.2) is 17.6 Å². The Morgan fingerprint density at radius 1 is 0.939 bits per heavy atom. The molecule has 0 saturated heterocycles. The van der Waals surface area contributed by atoms with E-state index in [4.69, 9.17) is 10.5 Å². The summed E-state index contributed by atoms with van der Waals surface area (Å²) >= 11 is 2.94. The Bertz CT molecular complexity index is 1130. The van der Waals surface area contributed by atoms with E-state index in [1.54, 1.807) is 18.7 Å². The number of thioether (sulfide) groups is 1. The van der Waals surface area contributed by atoms with E-state index in [1.807, 2.05) is 29.7 Å². The number of thiazole rings is 1. The third kappa shape index (κ3) is 4.87. The van der Waals surface area contributed by atoms with Crippen LogP contribution >= 0.6 is 23.1 Å². The summed E-state index contributed by atoms with van der Waals surface area (Å²) in [6, 6.07) is 31.3. The van der Waals surface area contributed by atoms with Crippen LogP contribution in [0.25, 0.3) is 6.08 Å². The standard InChI is InChI=1S/C27H24N2O2S2/c1-2-31-25(30)24-23(33-26(28)29-24)18-19-32-27(20-12-6-3-7-13-20,21-14-8-4-9-15-21)22-16-10-5-11-17-22/h3-19H,2H2,1H3,(H2,28,29). The second-order valence-corrected chi connectivity index (χ2v) is 9.37. The number of benzene rings is 3. The summed E-state index contributed by atoms with van der Waals surface area (Å²) in [5, 5.41) is 2.35. The van der Waals surface area contributed by atoms with Gasteiger partial charge >= 0.3 is 5.97 Å². The van der Waals surface area contributed by atoms with Gasteiger partial charge in [0.25, 0.3) is 0 Å². The van der Waals surface area contributed by atoms with Crippen LogP contribution in [0.3, 0.4) is 0 Å². The SMILES string of the molecule is CCOC(=O)c1nc(N)sc1C=CSC(c1ccccc1)(c1ccccc1)c1ccccc1. The van der Waals surface area contributed by atoms with Crippen LogP contribution in [0, 0.1) is 0 Å².